The third-order valence-corrected chi connectivity index (χ3v) is 5.94. The van der Waals surface area contributed by atoms with Crippen molar-refractivity contribution in [3.05, 3.63) is 71.3 Å². The van der Waals surface area contributed by atoms with Gasteiger partial charge < -0.3 is 5.32 Å². The summed E-state index contributed by atoms with van der Waals surface area (Å²) in [6, 6.07) is 13.2. The van der Waals surface area contributed by atoms with Gasteiger partial charge in [-0.3, -0.25) is 14.6 Å². The molecule has 4 nitrogen and oxygen atoms in total. The van der Waals surface area contributed by atoms with Crippen molar-refractivity contribution in [3.63, 3.8) is 0 Å². The minimum atomic E-state index is -0.271. The molecule has 4 rings (SSSR count). The number of hydrogen-bond donors (Lipinski definition) is 1. The van der Waals surface area contributed by atoms with Gasteiger partial charge in [0.1, 0.15) is 11.6 Å². The summed E-state index contributed by atoms with van der Waals surface area (Å²) in [5.41, 5.74) is 1.96. The molecular formula is C23H27F2N3O. The van der Waals surface area contributed by atoms with Gasteiger partial charge in [-0.05, 0) is 55.2 Å². The van der Waals surface area contributed by atoms with E-state index in [1.165, 1.54) is 24.3 Å². The topological polar surface area (TPSA) is 35.6 Å². The van der Waals surface area contributed by atoms with Crippen LogP contribution in [-0.2, 0) is 4.79 Å². The Bertz CT molecular complexity index is 783. The van der Waals surface area contributed by atoms with Crippen LogP contribution in [0.1, 0.15) is 36.9 Å². The van der Waals surface area contributed by atoms with Gasteiger partial charge in [0.15, 0.2) is 0 Å². The van der Waals surface area contributed by atoms with Gasteiger partial charge in [-0.25, -0.2) is 8.78 Å². The lowest BCUT2D eigenvalue weighted by Gasteiger charge is -2.41. The van der Waals surface area contributed by atoms with Crippen molar-refractivity contribution in [3.8, 4) is 0 Å². The Morgan fingerprint density at radius 3 is 1.76 bits per heavy atom. The minimum Gasteiger partial charge on any atom is -0.352 e. The normalized spacial score (nSPS) is 19.3. The van der Waals surface area contributed by atoms with Crippen LogP contribution in [0.15, 0.2) is 48.5 Å². The van der Waals surface area contributed by atoms with Gasteiger partial charge in [-0.2, -0.15) is 0 Å². The van der Waals surface area contributed by atoms with E-state index in [2.05, 4.69) is 15.1 Å². The summed E-state index contributed by atoms with van der Waals surface area (Å²) in [6.07, 6.45) is 2.17. The summed E-state index contributed by atoms with van der Waals surface area (Å²) >= 11 is 0. The van der Waals surface area contributed by atoms with Crippen LogP contribution in [-0.4, -0.2) is 54.0 Å². The summed E-state index contributed by atoms with van der Waals surface area (Å²) in [7, 11) is 0. The van der Waals surface area contributed by atoms with E-state index >= 15 is 0 Å². The fourth-order valence-corrected chi connectivity index (χ4v) is 4.00. The molecule has 0 spiro atoms. The Hall–Kier alpha value is -2.31. The van der Waals surface area contributed by atoms with Crippen molar-refractivity contribution < 1.29 is 13.6 Å². The van der Waals surface area contributed by atoms with Crippen LogP contribution in [0.2, 0.25) is 0 Å². The zero-order valence-electron chi connectivity index (χ0n) is 16.7. The van der Waals surface area contributed by atoms with Crippen LogP contribution in [0.4, 0.5) is 8.78 Å². The number of nitrogens with one attached hydrogen (secondary N) is 1. The monoisotopic (exact) mass is 399 g/mol. The molecule has 1 aliphatic carbocycles. The van der Waals surface area contributed by atoms with Gasteiger partial charge in [0.2, 0.25) is 5.91 Å². The largest absolute Gasteiger partial charge is 0.352 e. The molecule has 2 aliphatic rings. The minimum absolute atomic E-state index is 0.0750. The van der Waals surface area contributed by atoms with Crippen LogP contribution >= 0.6 is 0 Å². The molecule has 1 atom stereocenters. The van der Waals surface area contributed by atoms with Gasteiger partial charge in [0.05, 0.1) is 12.1 Å². The number of amides is 1. The number of nitrogens with zero attached hydrogens (tertiary/aromatic N) is 2. The smallest absolute Gasteiger partial charge is 0.237 e. The maximum Gasteiger partial charge on any atom is 0.237 e. The van der Waals surface area contributed by atoms with E-state index in [1.54, 1.807) is 24.3 Å². The summed E-state index contributed by atoms with van der Waals surface area (Å²) in [6.45, 7) is 5.07. The molecular weight excluding hydrogens is 372 g/mol. The Labute approximate surface area is 170 Å². The van der Waals surface area contributed by atoms with Crippen LogP contribution in [0.5, 0.6) is 0 Å². The van der Waals surface area contributed by atoms with E-state index < -0.39 is 0 Å². The van der Waals surface area contributed by atoms with E-state index in [0.29, 0.717) is 6.04 Å². The van der Waals surface area contributed by atoms with Crippen LogP contribution in [0.3, 0.4) is 0 Å². The first kappa shape index (κ1) is 20.0. The van der Waals surface area contributed by atoms with E-state index in [4.69, 9.17) is 0 Å². The molecule has 1 amide bonds. The standard InChI is InChI=1S/C23H27F2N3O/c1-16(23(29)26-21-10-11-21)27-12-14-28(15-13-27)22(17-2-6-19(24)7-3-17)18-4-8-20(25)9-5-18/h2-9,16,21-22H,10-15H2,1H3,(H,26,29)/t16-/m1/s1. The number of benzene rings is 2. The molecule has 1 saturated carbocycles. The lowest BCUT2D eigenvalue weighted by atomic mass is 9.96. The van der Waals surface area contributed by atoms with Crippen molar-refractivity contribution in [2.45, 2.75) is 37.9 Å². The fraction of sp³-hybridized carbons (Fsp3) is 0.435. The summed E-state index contributed by atoms with van der Waals surface area (Å²) in [5, 5.41) is 3.08. The quantitative estimate of drug-likeness (QED) is 0.809. The number of hydrogen-bond acceptors (Lipinski definition) is 3. The van der Waals surface area contributed by atoms with Crippen molar-refractivity contribution in [1.29, 1.82) is 0 Å². The molecule has 0 aromatic heterocycles. The number of piperazine rings is 1. The second-order valence-electron chi connectivity index (χ2n) is 8.04. The molecule has 0 radical (unpaired) electrons. The average Bonchev–Trinajstić information content (AvgIpc) is 3.55. The first-order valence-electron chi connectivity index (χ1n) is 10.3. The molecule has 6 heteroatoms. The van der Waals surface area contributed by atoms with Crippen LogP contribution in [0.25, 0.3) is 0 Å². The Morgan fingerprint density at radius 1 is 0.862 bits per heavy atom. The van der Waals surface area contributed by atoms with Crippen molar-refractivity contribution >= 4 is 5.91 Å². The maximum absolute atomic E-state index is 13.5. The third kappa shape index (κ3) is 4.82. The molecule has 2 fully saturated rings. The van der Waals surface area contributed by atoms with Gasteiger partial charge in [-0.15, -0.1) is 0 Å². The van der Waals surface area contributed by atoms with Gasteiger partial charge >= 0.3 is 0 Å². The Morgan fingerprint density at radius 2 is 1.31 bits per heavy atom. The first-order chi connectivity index (χ1) is 14.0. The highest BCUT2D eigenvalue weighted by Gasteiger charge is 2.32. The highest BCUT2D eigenvalue weighted by atomic mass is 19.1. The lowest BCUT2D eigenvalue weighted by Crippen LogP contribution is -2.54. The fourth-order valence-electron chi connectivity index (χ4n) is 4.00. The highest BCUT2D eigenvalue weighted by molar-refractivity contribution is 5.81. The second-order valence-corrected chi connectivity index (χ2v) is 8.04. The molecule has 0 bridgehead atoms. The van der Waals surface area contributed by atoms with Crippen LogP contribution in [0, 0.1) is 11.6 Å². The van der Waals surface area contributed by atoms with Crippen LogP contribution < -0.4 is 5.32 Å². The molecule has 1 aliphatic heterocycles. The summed E-state index contributed by atoms with van der Waals surface area (Å²) < 4.78 is 26.9. The predicted molar refractivity (Wildman–Crippen MR) is 108 cm³/mol. The number of rotatable bonds is 6. The summed E-state index contributed by atoms with van der Waals surface area (Å²) in [5.74, 6) is -0.437. The number of carbonyl (C=O) groups excluding carboxylic acids is 1. The SMILES string of the molecule is C[C@H](C(=O)NC1CC1)N1CCN(C(c2ccc(F)cc2)c2ccc(F)cc2)CC1. The first-order valence-corrected chi connectivity index (χ1v) is 10.3. The summed E-state index contributed by atoms with van der Waals surface area (Å²) in [4.78, 5) is 16.9. The average molecular weight is 399 g/mol. The Kier molecular flexibility index (Phi) is 5.92. The van der Waals surface area contributed by atoms with E-state index in [-0.39, 0.29) is 29.6 Å². The number of carbonyl (C=O) groups is 1. The zero-order valence-corrected chi connectivity index (χ0v) is 16.7. The Balaban J connectivity index is 1.48. The molecule has 1 N–H and O–H groups in total. The third-order valence-electron chi connectivity index (χ3n) is 5.94. The maximum atomic E-state index is 13.5. The molecule has 1 saturated heterocycles. The molecule has 29 heavy (non-hydrogen) atoms. The molecule has 2 aromatic carbocycles. The molecule has 154 valence electrons. The van der Waals surface area contributed by atoms with Gasteiger partial charge in [0, 0.05) is 32.2 Å². The number of halogens is 2. The van der Waals surface area contributed by atoms with Gasteiger partial charge in [-0.1, -0.05) is 24.3 Å². The molecule has 0 unspecified atom stereocenters. The second kappa shape index (κ2) is 8.59. The van der Waals surface area contributed by atoms with Gasteiger partial charge in [0.25, 0.3) is 0 Å². The molecule has 2 aromatic rings. The van der Waals surface area contributed by atoms with E-state index in [9.17, 15) is 13.6 Å². The van der Waals surface area contributed by atoms with Crippen molar-refractivity contribution in [2.24, 2.45) is 0 Å². The molecule has 1 heterocycles. The van der Waals surface area contributed by atoms with E-state index in [1.807, 2.05) is 6.92 Å². The predicted octanol–water partition coefficient (Wildman–Crippen LogP) is 3.34. The van der Waals surface area contributed by atoms with E-state index in [0.717, 1.165) is 50.1 Å². The zero-order chi connectivity index (χ0) is 20.4. The highest BCUT2D eigenvalue weighted by Crippen LogP contribution is 2.30. The van der Waals surface area contributed by atoms with Crippen molar-refractivity contribution in [1.82, 2.24) is 15.1 Å². The van der Waals surface area contributed by atoms with Crippen molar-refractivity contribution in [2.75, 3.05) is 26.2 Å². The lowest BCUT2D eigenvalue weighted by molar-refractivity contribution is -0.126.